The maximum Gasteiger partial charge on any atom is 0.416 e. The van der Waals surface area contributed by atoms with Crippen molar-refractivity contribution in [2.45, 2.75) is 24.7 Å². The molecule has 5 nitrogen and oxygen atoms in total. The molecule has 0 aliphatic rings. The summed E-state index contributed by atoms with van der Waals surface area (Å²) in [5.41, 5.74) is 0.412. The van der Waals surface area contributed by atoms with Crippen LogP contribution in [0.3, 0.4) is 0 Å². The molecule has 0 saturated carbocycles. The monoisotopic (exact) mass is 1030 g/mol. The Bertz CT molecular complexity index is 2880. The first-order valence-electron chi connectivity index (χ1n) is 23.0. The quantitative estimate of drug-likeness (QED) is 0.0689. The second-order valence-electron chi connectivity index (χ2n) is 16.6. The lowest BCUT2D eigenvalue weighted by atomic mass is 10.1. The summed E-state index contributed by atoms with van der Waals surface area (Å²) in [4.78, 5) is 0. The van der Waals surface area contributed by atoms with E-state index in [1.165, 1.54) is 31.8 Å². The number of nitriles is 2. The van der Waals surface area contributed by atoms with Gasteiger partial charge in [-0.2, -0.15) is 36.9 Å². The highest BCUT2D eigenvalue weighted by Crippen LogP contribution is 2.59. The highest BCUT2D eigenvalue weighted by atomic mass is 31.2. The van der Waals surface area contributed by atoms with Gasteiger partial charge in [0.05, 0.1) is 52.5 Å². The molecular weight excluding hydrogens is 983 g/mol. The van der Waals surface area contributed by atoms with E-state index in [9.17, 15) is 46.9 Å². The SMILES string of the molecule is N#Cc1ccccc1C[P+](c1ccccc1)(c1ccccc1)c1ccccc1.N#Cc1ccccc1C[P+](c1ccccc1)(c1ccccc1)c1ccccc1.[O-]B([O-])Oc1cc(C(F)(F)F)cc(C(F)(F)F)c1. The highest BCUT2D eigenvalue weighted by Gasteiger charge is 2.47. The van der Waals surface area contributed by atoms with Gasteiger partial charge in [0, 0.05) is 11.1 Å². The molecule has 368 valence electrons. The van der Waals surface area contributed by atoms with E-state index < -0.39 is 51.1 Å². The Hall–Kier alpha value is -7.82. The van der Waals surface area contributed by atoms with Crippen molar-refractivity contribution in [1.29, 1.82) is 10.5 Å². The lowest BCUT2D eigenvalue weighted by Crippen LogP contribution is -2.50. The average molecular weight is 1030 g/mol. The first-order chi connectivity index (χ1) is 35.7. The molecule has 0 atom stereocenters. The topological polar surface area (TPSA) is 103 Å². The van der Waals surface area contributed by atoms with Crippen molar-refractivity contribution in [1.82, 2.24) is 0 Å². The first kappa shape index (κ1) is 54.0. The van der Waals surface area contributed by atoms with E-state index in [1.807, 2.05) is 36.4 Å². The van der Waals surface area contributed by atoms with Crippen LogP contribution in [0, 0.1) is 22.7 Å². The van der Waals surface area contributed by atoms with Gasteiger partial charge in [-0.15, -0.1) is 0 Å². The Kier molecular flexibility index (Phi) is 18.0. The van der Waals surface area contributed by atoms with Gasteiger partial charge in [0.15, 0.2) is 0 Å². The van der Waals surface area contributed by atoms with Crippen molar-refractivity contribution in [2.75, 3.05) is 0 Å². The minimum absolute atomic E-state index is 0.141. The van der Waals surface area contributed by atoms with Gasteiger partial charge < -0.3 is 14.7 Å². The number of halogens is 6. The zero-order chi connectivity index (χ0) is 52.6. The van der Waals surface area contributed by atoms with Crippen LogP contribution in [0.25, 0.3) is 0 Å². The Labute approximate surface area is 428 Å². The fourth-order valence-electron chi connectivity index (χ4n) is 8.69. The fourth-order valence-corrected chi connectivity index (χ4v) is 17.2. The summed E-state index contributed by atoms with van der Waals surface area (Å²) in [6.45, 7) is 0. The molecule has 0 aromatic heterocycles. The van der Waals surface area contributed by atoms with E-state index in [-0.39, 0.29) is 18.2 Å². The van der Waals surface area contributed by atoms with Crippen molar-refractivity contribution < 1.29 is 41.0 Å². The van der Waals surface area contributed by atoms with Crippen LogP contribution < -0.4 is 46.5 Å². The van der Waals surface area contributed by atoms with Crippen molar-refractivity contribution >= 4 is 53.7 Å². The van der Waals surface area contributed by atoms with Gasteiger partial charge in [-0.05, 0) is 103 Å². The van der Waals surface area contributed by atoms with E-state index in [4.69, 9.17) is 0 Å². The standard InChI is InChI=1S/2C26H21NP.C8H3BF6O3/c2*27-20-22-12-10-11-13-23(22)21-28(24-14-4-1-5-15-24,25-16-6-2-7-17-25)26-18-8-3-9-19-26;10-7(11,12)4-1-5(8(13,14)15)3-6(2-4)18-9(16)17/h2*1-19H,21H2;1-3H/q2*+1;-2. The van der Waals surface area contributed by atoms with Crippen molar-refractivity contribution in [2.24, 2.45) is 0 Å². The summed E-state index contributed by atoms with van der Waals surface area (Å²) >= 11 is 0. The Morgan fingerprint density at radius 3 is 0.851 bits per heavy atom. The van der Waals surface area contributed by atoms with Crippen LogP contribution in [0.15, 0.2) is 249 Å². The molecule has 9 aromatic carbocycles. The molecule has 9 rings (SSSR count). The number of alkyl halides is 6. The van der Waals surface area contributed by atoms with Gasteiger partial charge >= 0.3 is 12.4 Å². The zero-order valence-electron chi connectivity index (χ0n) is 39.4. The predicted molar refractivity (Wildman–Crippen MR) is 283 cm³/mol. The van der Waals surface area contributed by atoms with Crippen molar-refractivity contribution in [3.63, 3.8) is 0 Å². The fraction of sp³-hybridized carbons (Fsp3) is 0.0667. The molecule has 9 aromatic rings. The summed E-state index contributed by atoms with van der Waals surface area (Å²) < 4.78 is 77.5. The number of nitrogens with zero attached hydrogens (tertiary/aromatic N) is 2. The van der Waals surface area contributed by atoms with Crippen LogP contribution >= 0.6 is 14.5 Å². The van der Waals surface area contributed by atoms with Crippen LogP contribution in [0.2, 0.25) is 0 Å². The summed E-state index contributed by atoms with van der Waals surface area (Å²) in [6, 6.07) is 85.6. The minimum Gasteiger partial charge on any atom is -0.860 e. The molecule has 0 amide bonds. The molecule has 14 heteroatoms. The number of rotatable bonds is 12. The molecule has 0 aliphatic heterocycles. The Morgan fingerprint density at radius 2 is 0.622 bits per heavy atom. The van der Waals surface area contributed by atoms with Crippen LogP contribution in [0.1, 0.15) is 33.4 Å². The molecule has 0 aliphatic carbocycles. The third-order valence-corrected chi connectivity index (χ3v) is 20.8. The smallest absolute Gasteiger partial charge is 0.416 e. The molecule has 0 bridgehead atoms. The molecule has 0 heterocycles. The molecule has 0 unspecified atom stereocenters. The van der Waals surface area contributed by atoms with E-state index in [2.05, 4.69) is 211 Å². The molecule has 0 N–H and O–H groups in total. The summed E-state index contributed by atoms with van der Waals surface area (Å²) in [6.07, 6.45) is -8.45. The van der Waals surface area contributed by atoms with Crippen LogP contribution in [0.4, 0.5) is 26.3 Å². The van der Waals surface area contributed by atoms with Crippen LogP contribution in [-0.2, 0) is 24.7 Å². The van der Waals surface area contributed by atoms with Gasteiger partial charge in [0.2, 0.25) is 0 Å². The predicted octanol–water partition coefficient (Wildman–Crippen LogP) is 10.9. The first-order valence-corrected chi connectivity index (χ1v) is 27.0. The molecule has 0 radical (unpaired) electrons. The minimum atomic E-state index is -5.05. The molecular formula is C60H45BF6N2O3P2. The van der Waals surface area contributed by atoms with Gasteiger partial charge in [0.1, 0.15) is 53.7 Å². The summed E-state index contributed by atoms with van der Waals surface area (Å²) in [5, 5.41) is 47.5. The average Bonchev–Trinajstić information content (AvgIpc) is 3.43. The molecule has 0 fully saturated rings. The maximum absolute atomic E-state index is 12.3. The van der Waals surface area contributed by atoms with Crippen LogP contribution in [0.5, 0.6) is 5.75 Å². The summed E-state index contributed by atoms with van der Waals surface area (Å²) in [7, 11) is -6.95. The van der Waals surface area contributed by atoms with E-state index in [1.54, 1.807) is 0 Å². The van der Waals surface area contributed by atoms with E-state index >= 15 is 0 Å². The van der Waals surface area contributed by atoms with E-state index in [0.29, 0.717) is 0 Å². The largest absolute Gasteiger partial charge is 0.860 e. The second kappa shape index (κ2) is 24.7. The van der Waals surface area contributed by atoms with E-state index in [0.717, 1.165) is 34.6 Å². The second-order valence-corrected chi connectivity index (χ2v) is 23.6. The lowest BCUT2D eigenvalue weighted by molar-refractivity contribution is -0.372. The summed E-state index contributed by atoms with van der Waals surface area (Å²) in [5.74, 6) is -1.08. The Morgan fingerprint density at radius 1 is 0.378 bits per heavy atom. The normalized spacial score (nSPS) is 11.3. The molecule has 0 spiro atoms. The number of hydrogen-bond acceptors (Lipinski definition) is 5. The van der Waals surface area contributed by atoms with Gasteiger partial charge in [-0.1, -0.05) is 146 Å². The van der Waals surface area contributed by atoms with Crippen molar-refractivity contribution in [3.05, 3.63) is 282 Å². The lowest BCUT2D eigenvalue weighted by Gasteiger charge is -2.28. The van der Waals surface area contributed by atoms with Gasteiger partial charge in [-0.25, -0.2) is 0 Å². The highest BCUT2D eigenvalue weighted by molar-refractivity contribution is 7.95. The van der Waals surface area contributed by atoms with Gasteiger partial charge in [-0.3, -0.25) is 0 Å². The number of hydrogen-bond donors (Lipinski definition) is 0. The van der Waals surface area contributed by atoms with Gasteiger partial charge in [0.25, 0.3) is 0 Å². The Balaban J connectivity index is 0.000000167. The maximum atomic E-state index is 12.3. The molecule has 0 saturated heterocycles. The van der Waals surface area contributed by atoms with Crippen LogP contribution in [-0.4, -0.2) is 7.32 Å². The number of benzene rings is 9. The third kappa shape index (κ3) is 13.0. The molecule has 74 heavy (non-hydrogen) atoms. The van der Waals surface area contributed by atoms with Crippen molar-refractivity contribution in [3.8, 4) is 17.9 Å². The third-order valence-electron chi connectivity index (χ3n) is 12.1. The zero-order valence-corrected chi connectivity index (χ0v) is 41.2.